The Morgan fingerprint density at radius 3 is 1.93 bits per heavy atom. The van der Waals surface area contributed by atoms with Gasteiger partial charge in [-0.1, -0.05) is 54.6 Å². The predicted molar refractivity (Wildman–Crippen MR) is 146 cm³/mol. The van der Waals surface area contributed by atoms with Crippen LogP contribution in [0.4, 0.5) is 22.0 Å². The fraction of sp³-hybridized carbons (Fsp3) is 0.375. The van der Waals surface area contributed by atoms with Gasteiger partial charge in [-0.3, -0.25) is 9.63 Å². The van der Waals surface area contributed by atoms with Gasteiger partial charge in [-0.15, -0.1) is 4.65 Å². The molecule has 0 bridgehead atoms. The summed E-state index contributed by atoms with van der Waals surface area (Å²) in [5.41, 5.74) is 2.03. The molecule has 1 saturated heterocycles. The van der Waals surface area contributed by atoms with Crippen LogP contribution >= 0.6 is 0 Å². The smallest absolute Gasteiger partial charge is 0.369 e. The van der Waals surface area contributed by atoms with Crippen LogP contribution < -0.4 is 5.32 Å². The summed E-state index contributed by atoms with van der Waals surface area (Å²) in [5, 5.41) is 3.07. The Morgan fingerprint density at radius 2 is 1.40 bits per heavy atom. The molecule has 3 aromatic rings. The minimum atomic E-state index is -5.14. The number of nitrogens with one attached hydrogen (secondary N) is 1. The average molecular weight is 604 g/mol. The third-order valence-corrected chi connectivity index (χ3v) is 8.47. The molecule has 5 rings (SSSR count). The maximum absolute atomic E-state index is 14.0. The van der Waals surface area contributed by atoms with Crippen molar-refractivity contribution in [1.29, 1.82) is 0 Å². The maximum Gasteiger partial charge on any atom is 0.497 e. The van der Waals surface area contributed by atoms with Crippen LogP contribution in [0, 0.1) is 17.6 Å². The summed E-state index contributed by atoms with van der Waals surface area (Å²) in [4.78, 5) is 31.2. The van der Waals surface area contributed by atoms with Crippen LogP contribution in [0.3, 0.4) is 0 Å². The summed E-state index contributed by atoms with van der Waals surface area (Å²) in [6.45, 7) is 0.418. The zero-order valence-corrected chi connectivity index (χ0v) is 23.2. The van der Waals surface area contributed by atoms with Gasteiger partial charge in [-0.05, 0) is 47.4 Å². The zero-order chi connectivity index (χ0) is 30.6. The van der Waals surface area contributed by atoms with Crippen molar-refractivity contribution in [1.82, 2.24) is 5.32 Å². The lowest BCUT2D eigenvalue weighted by Gasteiger charge is -2.47. The van der Waals surface area contributed by atoms with Crippen molar-refractivity contribution >= 4 is 11.9 Å². The molecule has 11 heteroatoms. The number of carbonyl (C=O) groups is 2. The number of hydrogen-bond donors (Lipinski definition) is 1. The van der Waals surface area contributed by atoms with Gasteiger partial charge in [0.15, 0.2) is 0 Å². The Labute approximate surface area is 245 Å². The van der Waals surface area contributed by atoms with Gasteiger partial charge in [0.05, 0.1) is 19.3 Å². The molecule has 0 radical (unpaired) electrons. The second-order valence-electron chi connectivity index (χ2n) is 11.0. The Balaban J connectivity index is 1.44. The number of ether oxygens (including phenoxy) is 1. The molecule has 1 saturated carbocycles. The quantitative estimate of drug-likeness (QED) is 0.266. The highest BCUT2D eigenvalue weighted by Crippen LogP contribution is 2.43. The van der Waals surface area contributed by atoms with Gasteiger partial charge in [-0.2, -0.15) is 13.2 Å². The summed E-state index contributed by atoms with van der Waals surface area (Å²) in [5.74, 6) is -4.40. The lowest BCUT2D eigenvalue weighted by atomic mass is 9.72. The van der Waals surface area contributed by atoms with Crippen molar-refractivity contribution in [3.8, 4) is 0 Å². The van der Waals surface area contributed by atoms with Gasteiger partial charge in [0, 0.05) is 24.7 Å². The predicted octanol–water partition coefficient (Wildman–Crippen LogP) is 5.99. The molecule has 1 heterocycles. The zero-order valence-electron chi connectivity index (χ0n) is 23.2. The first kappa shape index (κ1) is 30.6. The highest BCUT2D eigenvalue weighted by Gasteiger charge is 2.54. The van der Waals surface area contributed by atoms with E-state index in [0.717, 1.165) is 5.56 Å². The molecule has 0 unspecified atom stereocenters. The largest absolute Gasteiger partial charge is 0.497 e. The first-order valence-electron chi connectivity index (χ1n) is 14.2. The summed E-state index contributed by atoms with van der Waals surface area (Å²) >= 11 is 0. The van der Waals surface area contributed by atoms with E-state index in [1.54, 1.807) is 24.3 Å². The van der Waals surface area contributed by atoms with Crippen molar-refractivity contribution in [3.63, 3.8) is 0 Å². The number of alkyl halides is 3. The maximum atomic E-state index is 14.0. The van der Waals surface area contributed by atoms with E-state index in [0.29, 0.717) is 30.4 Å². The van der Waals surface area contributed by atoms with Crippen LogP contribution in [-0.2, 0) is 19.2 Å². The van der Waals surface area contributed by atoms with E-state index < -0.39 is 52.3 Å². The number of morpholine rings is 1. The standard InChI is InChI=1S/C32H31F5N2O4/c33-24-10-6-22(7-11-24)29(23-8-12-25(34)13-9-23)38-30(40)27-15-14-26(20-28(27)21-4-2-1-3-5-21)39(16-18-42-19-17-39)43-31(41)32(35,36)37/h1-13,26-29H,14-20H2/p+1/t26-,27-,28+/m1/s1. The third-order valence-electron chi connectivity index (χ3n) is 8.47. The number of hydrogen-bond acceptors (Lipinski definition) is 4. The molecule has 6 nitrogen and oxygen atoms in total. The highest BCUT2D eigenvalue weighted by molar-refractivity contribution is 5.81. The molecule has 3 atom stereocenters. The van der Waals surface area contributed by atoms with Crippen molar-refractivity contribution in [2.45, 2.75) is 43.4 Å². The fourth-order valence-corrected chi connectivity index (χ4v) is 6.28. The lowest BCUT2D eigenvalue weighted by Crippen LogP contribution is -2.64. The van der Waals surface area contributed by atoms with Crippen LogP contribution in [0.25, 0.3) is 0 Å². The van der Waals surface area contributed by atoms with Crippen molar-refractivity contribution in [3.05, 3.63) is 107 Å². The monoisotopic (exact) mass is 603 g/mol. The minimum Gasteiger partial charge on any atom is -0.369 e. The topological polar surface area (TPSA) is 64.6 Å². The van der Waals surface area contributed by atoms with E-state index in [1.165, 1.54) is 24.3 Å². The van der Waals surface area contributed by atoms with Crippen molar-refractivity contribution in [2.24, 2.45) is 5.92 Å². The van der Waals surface area contributed by atoms with Crippen LogP contribution in [0.2, 0.25) is 0 Å². The fourth-order valence-electron chi connectivity index (χ4n) is 6.28. The van der Waals surface area contributed by atoms with Gasteiger partial charge < -0.3 is 10.1 Å². The van der Waals surface area contributed by atoms with Gasteiger partial charge in [0.2, 0.25) is 5.91 Å². The van der Waals surface area contributed by atoms with Gasteiger partial charge >= 0.3 is 12.1 Å². The lowest BCUT2D eigenvalue weighted by molar-refractivity contribution is -1.11. The molecule has 1 aliphatic heterocycles. The van der Waals surface area contributed by atoms with E-state index in [-0.39, 0.29) is 32.2 Å². The van der Waals surface area contributed by atoms with Gasteiger partial charge in [0.25, 0.3) is 0 Å². The number of quaternary nitrogens is 1. The van der Waals surface area contributed by atoms with Gasteiger partial charge in [0.1, 0.15) is 30.8 Å². The van der Waals surface area contributed by atoms with E-state index in [1.807, 2.05) is 30.3 Å². The molecule has 0 spiro atoms. The first-order valence-corrected chi connectivity index (χ1v) is 14.2. The number of amides is 1. The molecule has 3 aromatic carbocycles. The molecule has 2 aliphatic rings. The second kappa shape index (κ2) is 12.8. The summed E-state index contributed by atoms with van der Waals surface area (Å²) < 4.78 is 72.2. The molecular weight excluding hydrogens is 571 g/mol. The number of benzene rings is 3. The Hall–Kier alpha value is -3.83. The van der Waals surface area contributed by atoms with E-state index in [2.05, 4.69) is 5.32 Å². The SMILES string of the molecule is O=C(NC(c1ccc(F)cc1)c1ccc(F)cc1)[C@@H]1CC[C@@H]([N+]2(OC(=O)C(F)(F)F)CCOCC2)C[C@H]1c1ccccc1. The summed E-state index contributed by atoms with van der Waals surface area (Å²) in [6, 6.07) is 19.4. The number of carbonyl (C=O) groups excluding carboxylic acids is 2. The number of nitrogens with zero attached hydrogens (tertiary/aromatic N) is 1. The van der Waals surface area contributed by atoms with Crippen molar-refractivity contribution in [2.75, 3.05) is 26.3 Å². The first-order chi connectivity index (χ1) is 20.6. The molecule has 1 amide bonds. The van der Waals surface area contributed by atoms with E-state index in [9.17, 15) is 31.5 Å². The Bertz CT molecular complexity index is 1350. The Kier molecular flexibility index (Phi) is 9.12. The summed E-state index contributed by atoms with van der Waals surface area (Å²) in [6.07, 6.45) is -4.19. The van der Waals surface area contributed by atoms with E-state index >= 15 is 0 Å². The molecule has 43 heavy (non-hydrogen) atoms. The van der Waals surface area contributed by atoms with Gasteiger partial charge in [-0.25, -0.2) is 13.6 Å². The van der Waals surface area contributed by atoms with E-state index in [4.69, 9.17) is 9.57 Å². The average Bonchev–Trinajstić information content (AvgIpc) is 3.01. The highest BCUT2D eigenvalue weighted by atomic mass is 19.4. The Morgan fingerprint density at radius 1 is 0.837 bits per heavy atom. The molecule has 1 N–H and O–H groups in total. The second-order valence-corrected chi connectivity index (χ2v) is 11.0. The van der Waals surface area contributed by atoms with Crippen LogP contribution in [0.1, 0.15) is 47.9 Å². The summed E-state index contributed by atoms with van der Waals surface area (Å²) in [7, 11) is 0. The van der Waals surface area contributed by atoms with Crippen LogP contribution in [0.15, 0.2) is 78.9 Å². The molecule has 228 valence electrons. The number of hydroxylamine groups is 3. The third kappa shape index (κ3) is 7.05. The minimum absolute atomic E-state index is 0.0715. The van der Waals surface area contributed by atoms with Crippen LogP contribution in [-0.4, -0.2) is 55.0 Å². The van der Waals surface area contributed by atoms with Crippen LogP contribution in [0.5, 0.6) is 0 Å². The molecule has 0 aromatic heterocycles. The normalized spacial score (nSPS) is 22.1. The van der Waals surface area contributed by atoms with Crippen molar-refractivity contribution < 1.29 is 45.8 Å². The molecule has 1 aliphatic carbocycles. The number of halogens is 5. The molecular formula is C32H32F5N2O4+. The number of rotatable bonds is 7. The molecule has 2 fully saturated rings.